The second-order valence-electron chi connectivity index (χ2n) is 20.0. The Labute approximate surface area is 403 Å². The minimum atomic E-state index is -1.09. The molecule has 2 N–H and O–H groups in total. The number of esters is 1. The van der Waals surface area contributed by atoms with Crippen molar-refractivity contribution in [3.05, 3.63) is 70.8 Å². The molecule has 4 aliphatic rings. The van der Waals surface area contributed by atoms with Crippen molar-refractivity contribution in [3.63, 3.8) is 0 Å². The van der Waals surface area contributed by atoms with Crippen LogP contribution in [0.25, 0.3) is 33.4 Å². The predicted molar refractivity (Wildman–Crippen MR) is 261 cm³/mol. The molecule has 364 valence electrons. The van der Waals surface area contributed by atoms with E-state index in [1.807, 2.05) is 37.1 Å². The molecule has 4 aromatic rings. The van der Waals surface area contributed by atoms with Gasteiger partial charge in [0.25, 0.3) is 5.91 Å². The van der Waals surface area contributed by atoms with Gasteiger partial charge < -0.3 is 34.1 Å². The van der Waals surface area contributed by atoms with Crippen molar-refractivity contribution in [2.24, 2.45) is 11.3 Å². The summed E-state index contributed by atoms with van der Waals surface area (Å²) >= 11 is 1.41. The maximum absolute atomic E-state index is 14.7. The van der Waals surface area contributed by atoms with E-state index in [2.05, 4.69) is 66.9 Å². The number of rotatable bonds is 9. The second kappa shape index (κ2) is 19.8. The summed E-state index contributed by atoms with van der Waals surface area (Å²) in [5, 5.41) is 8.15. The molecule has 3 saturated heterocycles. The lowest BCUT2D eigenvalue weighted by Gasteiger charge is -2.37. The Morgan fingerprint density at radius 2 is 1.91 bits per heavy atom. The fourth-order valence-corrected chi connectivity index (χ4v) is 11.8. The van der Waals surface area contributed by atoms with Gasteiger partial charge in [-0.05, 0) is 94.2 Å². The zero-order valence-electron chi connectivity index (χ0n) is 40.8. The topological polar surface area (TPSA) is 172 Å². The number of fused-ring (bicyclic) bond motifs is 6. The molecule has 4 aliphatic heterocycles. The molecule has 7 heterocycles. The van der Waals surface area contributed by atoms with E-state index < -0.39 is 46.9 Å². The quantitative estimate of drug-likeness (QED) is 0.139. The average Bonchev–Trinajstić information content (AvgIpc) is 4.15. The minimum Gasteiger partial charge on any atom is -0.464 e. The highest BCUT2D eigenvalue weighted by Gasteiger charge is 2.50. The number of likely N-dealkylation sites (N-methyl/N-ethyl adjacent to an activating group) is 1. The van der Waals surface area contributed by atoms with Gasteiger partial charge in [0.2, 0.25) is 11.8 Å². The van der Waals surface area contributed by atoms with Crippen LogP contribution >= 0.6 is 11.3 Å². The smallest absolute Gasteiger partial charge is 0.324 e. The van der Waals surface area contributed by atoms with E-state index in [4.69, 9.17) is 19.4 Å². The molecular weight excluding hydrogens is 883 g/mol. The number of methoxy groups -OCH3 is 1. The van der Waals surface area contributed by atoms with Crippen LogP contribution in [0.3, 0.4) is 0 Å². The molecule has 3 aromatic heterocycles. The molecule has 8 rings (SSSR count). The van der Waals surface area contributed by atoms with Gasteiger partial charge in [0.05, 0.1) is 40.3 Å². The average molecular weight is 950 g/mol. The first-order valence-electron chi connectivity index (χ1n) is 24.1. The highest BCUT2D eigenvalue weighted by atomic mass is 32.1. The fourth-order valence-electron chi connectivity index (χ4n) is 10.9. The van der Waals surface area contributed by atoms with Gasteiger partial charge in [0.1, 0.15) is 18.1 Å². The minimum absolute atomic E-state index is 0.0757. The van der Waals surface area contributed by atoms with Crippen LogP contribution in [0.1, 0.15) is 96.0 Å². The number of carbonyl (C=O) groups excluding carboxylic acids is 5. The summed E-state index contributed by atoms with van der Waals surface area (Å²) in [5.41, 5.74) is 8.83. The third-order valence-corrected chi connectivity index (χ3v) is 15.3. The zero-order valence-corrected chi connectivity index (χ0v) is 41.6. The summed E-state index contributed by atoms with van der Waals surface area (Å²) in [6.45, 7) is 18.3. The Balaban J connectivity index is 1.14. The van der Waals surface area contributed by atoms with Crippen LogP contribution in [-0.4, -0.2) is 135 Å². The van der Waals surface area contributed by atoms with Gasteiger partial charge in [-0.15, -0.1) is 11.3 Å². The number of carbonyl (C=O) groups is 5. The van der Waals surface area contributed by atoms with Crippen molar-refractivity contribution in [3.8, 4) is 22.5 Å². The van der Waals surface area contributed by atoms with Crippen molar-refractivity contribution in [2.75, 3.05) is 46.9 Å². The first-order chi connectivity index (χ1) is 32.5. The number of hydrogen-bond donors (Lipinski definition) is 2. The summed E-state index contributed by atoms with van der Waals surface area (Å²) < 4.78 is 14.3. The summed E-state index contributed by atoms with van der Waals surface area (Å²) in [6, 6.07) is 7.30. The molecule has 3 fully saturated rings. The number of aryl methyl sites for hydroxylation is 1. The van der Waals surface area contributed by atoms with Crippen LogP contribution in [0, 0.1) is 11.3 Å². The third-order valence-electron chi connectivity index (χ3n) is 14.4. The number of nitrogens with one attached hydrogen (secondary N) is 2. The number of hydrazine groups is 1. The number of pyridine rings is 1. The maximum atomic E-state index is 14.7. The Kier molecular flexibility index (Phi) is 14.2. The van der Waals surface area contributed by atoms with Crippen molar-refractivity contribution < 1.29 is 33.4 Å². The molecule has 1 spiro atoms. The van der Waals surface area contributed by atoms with Gasteiger partial charge in [0.15, 0.2) is 0 Å². The molecule has 0 aliphatic carbocycles. The number of likely N-dealkylation sites (tertiary alicyclic amines) is 2. The number of urea groups is 1. The molecule has 0 radical (unpaired) electrons. The normalized spacial score (nSPS) is 22.9. The molecular formula is C51H67N9O7S. The summed E-state index contributed by atoms with van der Waals surface area (Å²) in [6.07, 6.45) is 6.81. The van der Waals surface area contributed by atoms with Crippen molar-refractivity contribution >= 4 is 52.0 Å². The van der Waals surface area contributed by atoms with Gasteiger partial charge in [-0.3, -0.25) is 29.2 Å². The maximum Gasteiger partial charge on any atom is 0.324 e. The summed E-state index contributed by atoms with van der Waals surface area (Å²) in [4.78, 5) is 85.2. The highest BCUT2D eigenvalue weighted by molar-refractivity contribution is 7.10. The lowest BCUT2D eigenvalue weighted by molar-refractivity contribution is -0.155. The Morgan fingerprint density at radius 1 is 1.12 bits per heavy atom. The van der Waals surface area contributed by atoms with Gasteiger partial charge in [-0.1, -0.05) is 40.3 Å². The molecule has 68 heavy (non-hydrogen) atoms. The van der Waals surface area contributed by atoms with Crippen molar-refractivity contribution in [1.29, 1.82) is 0 Å². The molecule has 1 unspecified atom stereocenters. The molecule has 0 saturated carbocycles. The van der Waals surface area contributed by atoms with E-state index in [0.29, 0.717) is 63.4 Å². The van der Waals surface area contributed by atoms with E-state index in [1.54, 1.807) is 25.3 Å². The Hall–Kier alpha value is -5.65. The molecule has 17 heteroatoms. The van der Waals surface area contributed by atoms with Crippen LogP contribution in [0.4, 0.5) is 4.79 Å². The number of amides is 5. The van der Waals surface area contributed by atoms with Crippen LogP contribution in [-0.2, 0) is 48.0 Å². The SMILES string of the molecule is C=CC(=O)N1CCC[C@]12CCN(C(=O)N(C)C(C(=O)N[C@H]1Cc3nc(cs3)-c3ccc4c(c3)c(c(-c3cccnc3[C@H](C)OC)n4CC)CC(C)(C)COC(=O)[C@@H]3CCCN(N3)C1=O)C(C)C)C2. The monoisotopic (exact) mass is 949 g/mol. The Bertz CT molecular complexity index is 2590. The number of hydrogen-bond acceptors (Lipinski definition) is 11. The van der Waals surface area contributed by atoms with Crippen LogP contribution < -0.4 is 10.7 Å². The standard InChI is InChI=1S/C51H67N9O7S/c1-10-42(61)59-22-14-19-51(59)20-24-57(29-51)49(65)56(8)44(31(3)4)46(62)54-38-26-41-53-39(28-68-41)33-17-18-40-35(25-33)36(45(58(40)11-2)34-15-12-21-52-43(34)32(5)66-9)27-50(6,7)30-67-48(64)37-16-13-23-60(55-37)47(38)63/h10,12,15,17-18,21,25,28,31-32,37-38,44,55H,1,11,13-14,16,19-20,22-24,26-27,29-30H2,2-9H3,(H,54,62)/t32-,37-,38-,44?,51+/m0/s1. The third kappa shape index (κ3) is 9.40. The molecule has 1 aromatic carbocycles. The van der Waals surface area contributed by atoms with Gasteiger partial charge in [-0.2, -0.15) is 0 Å². The van der Waals surface area contributed by atoms with Crippen molar-refractivity contribution in [2.45, 2.75) is 123 Å². The van der Waals surface area contributed by atoms with E-state index >= 15 is 0 Å². The van der Waals surface area contributed by atoms with E-state index in [-0.39, 0.29) is 37.0 Å². The van der Waals surface area contributed by atoms with Crippen LogP contribution in [0.5, 0.6) is 0 Å². The Morgan fingerprint density at radius 3 is 2.65 bits per heavy atom. The zero-order chi connectivity index (χ0) is 48.7. The number of aromatic nitrogens is 3. The molecule has 5 atom stereocenters. The number of ether oxygens (including phenoxy) is 2. The first-order valence-corrected chi connectivity index (χ1v) is 25.0. The first kappa shape index (κ1) is 48.8. The van der Waals surface area contributed by atoms with Gasteiger partial charge in [-0.25, -0.2) is 15.2 Å². The van der Waals surface area contributed by atoms with E-state index in [9.17, 15) is 24.0 Å². The van der Waals surface area contributed by atoms with E-state index in [0.717, 1.165) is 57.5 Å². The van der Waals surface area contributed by atoms with E-state index in [1.165, 1.54) is 27.3 Å². The highest BCUT2D eigenvalue weighted by Crippen LogP contribution is 2.42. The molecule has 5 amide bonds. The second-order valence-corrected chi connectivity index (χ2v) is 21.0. The number of cyclic esters (lactones) is 1. The number of benzene rings is 1. The summed E-state index contributed by atoms with van der Waals surface area (Å²) in [7, 11) is 3.31. The van der Waals surface area contributed by atoms with Crippen LogP contribution in [0.15, 0.2) is 54.6 Å². The fraction of sp³-hybridized carbons (Fsp3) is 0.549. The van der Waals surface area contributed by atoms with Crippen LogP contribution in [0.2, 0.25) is 0 Å². The number of nitrogens with zero attached hydrogens (tertiary/aromatic N) is 7. The van der Waals surface area contributed by atoms with Gasteiger partial charge >= 0.3 is 12.0 Å². The van der Waals surface area contributed by atoms with Gasteiger partial charge in [0, 0.05) is 92.3 Å². The number of thiazole rings is 1. The lowest BCUT2D eigenvalue weighted by Crippen LogP contribution is -2.62. The summed E-state index contributed by atoms with van der Waals surface area (Å²) in [5.74, 6) is -1.81. The van der Waals surface area contributed by atoms with Crippen molar-refractivity contribution in [1.82, 2.24) is 45.0 Å². The predicted octanol–water partition coefficient (Wildman–Crippen LogP) is 6.53. The molecule has 16 nitrogen and oxygen atoms in total. The lowest BCUT2D eigenvalue weighted by atomic mass is 9.84. The largest absolute Gasteiger partial charge is 0.464 e. The molecule has 6 bridgehead atoms.